The summed E-state index contributed by atoms with van der Waals surface area (Å²) in [5.41, 5.74) is 7.32. The maximum absolute atomic E-state index is 11.6. The maximum atomic E-state index is 11.6. The van der Waals surface area contributed by atoms with Crippen LogP contribution in [0.25, 0.3) is 0 Å². The molecule has 0 bridgehead atoms. The number of carbonyl (C=O) groups excluding carboxylic acids is 1. The van der Waals surface area contributed by atoms with Crippen molar-refractivity contribution in [3.63, 3.8) is 0 Å². The second-order valence-electron chi connectivity index (χ2n) is 4.32. The SMILES string of the molecule is CCC(CC)NC(=O)COCc1ccc(N)cc1. The molecule has 100 valence electrons. The molecule has 0 fully saturated rings. The van der Waals surface area contributed by atoms with Crippen LogP contribution >= 0.6 is 0 Å². The summed E-state index contributed by atoms with van der Waals surface area (Å²) in [4.78, 5) is 11.6. The number of hydrogen-bond acceptors (Lipinski definition) is 3. The summed E-state index contributed by atoms with van der Waals surface area (Å²) in [6.07, 6.45) is 1.89. The third-order valence-electron chi connectivity index (χ3n) is 2.83. The van der Waals surface area contributed by atoms with Crippen molar-refractivity contribution < 1.29 is 9.53 Å². The molecule has 4 nitrogen and oxygen atoms in total. The van der Waals surface area contributed by atoms with Gasteiger partial charge in [-0.3, -0.25) is 4.79 Å². The van der Waals surface area contributed by atoms with Gasteiger partial charge in [-0.05, 0) is 30.5 Å². The number of benzene rings is 1. The standard InChI is InChI=1S/C14H22N2O2/c1-3-13(4-2)16-14(17)10-18-9-11-5-7-12(15)8-6-11/h5-8,13H,3-4,9-10,15H2,1-2H3,(H,16,17). The molecule has 0 unspecified atom stereocenters. The second-order valence-corrected chi connectivity index (χ2v) is 4.32. The quantitative estimate of drug-likeness (QED) is 0.728. The Kier molecular flexibility index (Phi) is 6.22. The first kappa shape index (κ1) is 14.5. The summed E-state index contributed by atoms with van der Waals surface area (Å²) in [5, 5.41) is 2.93. The van der Waals surface area contributed by atoms with Crippen LogP contribution in [0.2, 0.25) is 0 Å². The Morgan fingerprint density at radius 1 is 1.28 bits per heavy atom. The molecule has 18 heavy (non-hydrogen) atoms. The molecular weight excluding hydrogens is 228 g/mol. The summed E-state index contributed by atoms with van der Waals surface area (Å²) in [6, 6.07) is 7.69. The molecule has 4 heteroatoms. The number of nitrogens with one attached hydrogen (secondary N) is 1. The number of anilines is 1. The summed E-state index contributed by atoms with van der Waals surface area (Å²) < 4.78 is 5.36. The molecule has 0 aliphatic heterocycles. The van der Waals surface area contributed by atoms with Crippen molar-refractivity contribution >= 4 is 11.6 Å². The predicted molar refractivity (Wildman–Crippen MR) is 73.0 cm³/mol. The van der Waals surface area contributed by atoms with E-state index in [-0.39, 0.29) is 18.6 Å². The van der Waals surface area contributed by atoms with Crippen LogP contribution in [0.1, 0.15) is 32.3 Å². The first-order valence-electron chi connectivity index (χ1n) is 6.37. The minimum Gasteiger partial charge on any atom is -0.399 e. The molecule has 0 aliphatic carbocycles. The zero-order valence-electron chi connectivity index (χ0n) is 11.1. The van der Waals surface area contributed by atoms with E-state index in [4.69, 9.17) is 10.5 Å². The Labute approximate surface area is 109 Å². The Hall–Kier alpha value is -1.55. The number of hydrogen-bond donors (Lipinski definition) is 2. The predicted octanol–water partition coefficient (Wildman–Crippen LogP) is 2.09. The zero-order chi connectivity index (χ0) is 13.4. The van der Waals surface area contributed by atoms with Gasteiger partial charge >= 0.3 is 0 Å². The fourth-order valence-electron chi connectivity index (χ4n) is 1.64. The highest BCUT2D eigenvalue weighted by Crippen LogP contribution is 2.06. The van der Waals surface area contributed by atoms with E-state index in [1.165, 1.54) is 0 Å². The molecule has 0 spiro atoms. The molecule has 1 aromatic rings. The van der Waals surface area contributed by atoms with E-state index in [1.54, 1.807) is 0 Å². The third kappa shape index (κ3) is 5.19. The average molecular weight is 250 g/mol. The molecule has 0 heterocycles. The highest BCUT2D eigenvalue weighted by atomic mass is 16.5. The summed E-state index contributed by atoms with van der Waals surface area (Å²) >= 11 is 0. The van der Waals surface area contributed by atoms with Gasteiger partial charge in [-0.25, -0.2) is 0 Å². The monoisotopic (exact) mass is 250 g/mol. The van der Waals surface area contributed by atoms with Crippen LogP contribution in [0.15, 0.2) is 24.3 Å². The van der Waals surface area contributed by atoms with Crippen LogP contribution in [-0.2, 0) is 16.1 Å². The van der Waals surface area contributed by atoms with Crippen LogP contribution in [0.4, 0.5) is 5.69 Å². The van der Waals surface area contributed by atoms with E-state index in [0.717, 1.165) is 24.1 Å². The first-order valence-corrected chi connectivity index (χ1v) is 6.37. The molecule has 1 amide bonds. The number of rotatable bonds is 7. The van der Waals surface area contributed by atoms with Crippen LogP contribution in [0.3, 0.4) is 0 Å². The molecular formula is C14H22N2O2. The summed E-state index contributed by atoms with van der Waals surface area (Å²) in [6.45, 7) is 4.64. The number of nitrogens with two attached hydrogens (primary N) is 1. The lowest BCUT2D eigenvalue weighted by Crippen LogP contribution is -2.36. The van der Waals surface area contributed by atoms with E-state index in [9.17, 15) is 4.79 Å². The summed E-state index contributed by atoms with van der Waals surface area (Å²) in [5.74, 6) is -0.0563. The molecule has 0 saturated carbocycles. The molecule has 1 rings (SSSR count). The minimum absolute atomic E-state index is 0.0563. The maximum Gasteiger partial charge on any atom is 0.246 e. The lowest BCUT2D eigenvalue weighted by Gasteiger charge is -2.14. The fraction of sp³-hybridized carbons (Fsp3) is 0.500. The van der Waals surface area contributed by atoms with Gasteiger partial charge in [-0.2, -0.15) is 0 Å². The van der Waals surface area contributed by atoms with E-state index in [1.807, 2.05) is 24.3 Å². The molecule has 3 N–H and O–H groups in total. The number of amides is 1. The van der Waals surface area contributed by atoms with Gasteiger partial charge in [0.1, 0.15) is 6.61 Å². The minimum atomic E-state index is -0.0563. The topological polar surface area (TPSA) is 64.3 Å². The Morgan fingerprint density at radius 3 is 2.44 bits per heavy atom. The normalized spacial score (nSPS) is 10.6. The van der Waals surface area contributed by atoms with Crippen molar-refractivity contribution in [3.05, 3.63) is 29.8 Å². The largest absolute Gasteiger partial charge is 0.399 e. The molecule has 0 radical (unpaired) electrons. The van der Waals surface area contributed by atoms with Crippen LogP contribution in [0.5, 0.6) is 0 Å². The third-order valence-corrected chi connectivity index (χ3v) is 2.83. The highest BCUT2D eigenvalue weighted by molar-refractivity contribution is 5.77. The highest BCUT2D eigenvalue weighted by Gasteiger charge is 2.07. The van der Waals surface area contributed by atoms with Gasteiger partial charge in [0.25, 0.3) is 0 Å². The number of nitrogen functional groups attached to an aromatic ring is 1. The van der Waals surface area contributed by atoms with Gasteiger partial charge in [0.15, 0.2) is 0 Å². The molecule has 0 aliphatic rings. The lowest BCUT2D eigenvalue weighted by atomic mass is 10.2. The lowest BCUT2D eigenvalue weighted by molar-refractivity contribution is -0.126. The van der Waals surface area contributed by atoms with Crippen molar-refractivity contribution in [2.24, 2.45) is 0 Å². The van der Waals surface area contributed by atoms with Gasteiger partial charge in [-0.15, -0.1) is 0 Å². The summed E-state index contributed by atoms with van der Waals surface area (Å²) in [7, 11) is 0. The fourth-order valence-corrected chi connectivity index (χ4v) is 1.64. The Morgan fingerprint density at radius 2 is 1.89 bits per heavy atom. The van der Waals surface area contributed by atoms with E-state index >= 15 is 0 Å². The molecule has 0 atom stereocenters. The van der Waals surface area contributed by atoms with Crippen molar-refractivity contribution in [2.45, 2.75) is 39.3 Å². The second kappa shape index (κ2) is 7.71. The van der Waals surface area contributed by atoms with E-state index in [0.29, 0.717) is 6.61 Å². The van der Waals surface area contributed by atoms with Crippen molar-refractivity contribution in [2.75, 3.05) is 12.3 Å². The first-order chi connectivity index (χ1) is 8.65. The van der Waals surface area contributed by atoms with Crippen molar-refractivity contribution in [1.29, 1.82) is 0 Å². The average Bonchev–Trinajstić information content (AvgIpc) is 2.38. The van der Waals surface area contributed by atoms with Gasteiger partial charge in [-0.1, -0.05) is 26.0 Å². The van der Waals surface area contributed by atoms with Gasteiger partial charge < -0.3 is 15.8 Å². The van der Waals surface area contributed by atoms with E-state index in [2.05, 4.69) is 19.2 Å². The molecule has 0 aromatic heterocycles. The number of carbonyl (C=O) groups is 1. The Balaban J connectivity index is 2.25. The van der Waals surface area contributed by atoms with Crippen molar-refractivity contribution in [3.8, 4) is 0 Å². The zero-order valence-corrected chi connectivity index (χ0v) is 11.1. The van der Waals surface area contributed by atoms with Gasteiger partial charge in [0.05, 0.1) is 6.61 Å². The van der Waals surface area contributed by atoms with Gasteiger partial charge in [0.2, 0.25) is 5.91 Å². The smallest absolute Gasteiger partial charge is 0.246 e. The van der Waals surface area contributed by atoms with Crippen LogP contribution in [-0.4, -0.2) is 18.6 Å². The van der Waals surface area contributed by atoms with Crippen LogP contribution in [0, 0.1) is 0 Å². The number of ether oxygens (including phenoxy) is 1. The van der Waals surface area contributed by atoms with E-state index < -0.39 is 0 Å². The molecule has 1 aromatic carbocycles. The Bertz CT molecular complexity index is 359. The van der Waals surface area contributed by atoms with Crippen LogP contribution < -0.4 is 11.1 Å². The van der Waals surface area contributed by atoms with Gasteiger partial charge in [0, 0.05) is 11.7 Å². The molecule has 0 saturated heterocycles. The van der Waals surface area contributed by atoms with Crippen molar-refractivity contribution in [1.82, 2.24) is 5.32 Å².